The van der Waals surface area contributed by atoms with Crippen molar-refractivity contribution >= 4 is 22.4 Å². The molecule has 1 unspecified atom stereocenters. The first-order chi connectivity index (χ1) is 9.47. The molecule has 0 aliphatic heterocycles. The van der Waals surface area contributed by atoms with Crippen molar-refractivity contribution in [2.45, 2.75) is 17.6 Å². The third-order valence-electron chi connectivity index (χ3n) is 3.03. The topological polar surface area (TPSA) is 86.2 Å². The number of rotatable bonds is 4. The van der Waals surface area contributed by atoms with Crippen molar-refractivity contribution in [3.05, 3.63) is 59.2 Å². The van der Waals surface area contributed by atoms with Crippen LogP contribution in [-0.2, 0) is 16.6 Å². The smallest absolute Gasteiger partial charge is 0.248 e. The van der Waals surface area contributed by atoms with Crippen molar-refractivity contribution in [3.63, 3.8) is 0 Å². The molecule has 4 nitrogen and oxygen atoms in total. The standard InChI is InChI=1S/C15H16N2O2S/c1-10-7-11(15(17)18)5-6-12(10)9-20(19)14-4-2-3-13(16)8-14/h2-8H,9,16H2,1H3,(H2,17,18). The summed E-state index contributed by atoms with van der Waals surface area (Å²) in [6.07, 6.45) is 0. The highest BCUT2D eigenvalue weighted by Crippen LogP contribution is 2.18. The number of nitrogens with two attached hydrogens (primary N) is 2. The van der Waals surface area contributed by atoms with Gasteiger partial charge in [-0.15, -0.1) is 0 Å². The van der Waals surface area contributed by atoms with Crippen molar-refractivity contribution in [1.82, 2.24) is 0 Å². The molecule has 0 aromatic heterocycles. The highest BCUT2D eigenvalue weighted by Gasteiger charge is 2.09. The molecule has 0 aliphatic rings. The predicted molar refractivity (Wildman–Crippen MR) is 80.7 cm³/mol. The molecule has 20 heavy (non-hydrogen) atoms. The number of benzene rings is 2. The summed E-state index contributed by atoms with van der Waals surface area (Å²) in [7, 11) is -1.17. The van der Waals surface area contributed by atoms with Crippen molar-refractivity contribution in [3.8, 4) is 0 Å². The third-order valence-corrected chi connectivity index (χ3v) is 4.39. The summed E-state index contributed by atoms with van der Waals surface area (Å²) in [5.74, 6) is -0.0782. The van der Waals surface area contributed by atoms with Crippen molar-refractivity contribution < 1.29 is 9.00 Å². The van der Waals surface area contributed by atoms with Crippen LogP contribution in [0, 0.1) is 6.92 Å². The van der Waals surface area contributed by atoms with E-state index in [-0.39, 0.29) is 0 Å². The van der Waals surface area contributed by atoms with Crippen LogP contribution in [0.4, 0.5) is 5.69 Å². The van der Waals surface area contributed by atoms with Crippen LogP contribution in [0.25, 0.3) is 0 Å². The molecule has 0 aliphatic carbocycles. The van der Waals surface area contributed by atoms with Crippen LogP contribution < -0.4 is 11.5 Å². The van der Waals surface area contributed by atoms with Gasteiger partial charge in [0.2, 0.25) is 5.91 Å². The third kappa shape index (κ3) is 3.24. The number of hydrogen-bond acceptors (Lipinski definition) is 3. The quantitative estimate of drug-likeness (QED) is 0.843. The monoisotopic (exact) mass is 288 g/mol. The Bertz CT molecular complexity index is 683. The maximum absolute atomic E-state index is 12.3. The first kappa shape index (κ1) is 14.3. The molecule has 0 spiro atoms. The minimum Gasteiger partial charge on any atom is -0.399 e. The molecule has 0 fully saturated rings. The van der Waals surface area contributed by atoms with Crippen LogP contribution in [0.1, 0.15) is 21.5 Å². The lowest BCUT2D eigenvalue weighted by atomic mass is 10.1. The summed E-state index contributed by atoms with van der Waals surface area (Å²) < 4.78 is 12.3. The molecule has 5 heteroatoms. The second-order valence-electron chi connectivity index (χ2n) is 4.57. The molecule has 0 saturated heterocycles. The summed E-state index contributed by atoms with van der Waals surface area (Å²) in [5.41, 5.74) is 13.8. The van der Waals surface area contributed by atoms with Gasteiger partial charge in [-0.05, 0) is 48.4 Å². The number of aryl methyl sites for hydroxylation is 1. The zero-order valence-electron chi connectivity index (χ0n) is 11.1. The van der Waals surface area contributed by atoms with Crippen LogP contribution >= 0.6 is 0 Å². The lowest BCUT2D eigenvalue weighted by Crippen LogP contribution is -2.11. The fraction of sp³-hybridized carbons (Fsp3) is 0.133. The number of anilines is 1. The number of carbonyl (C=O) groups excluding carboxylic acids is 1. The summed E-state index contributed by atoms with van der Waals surface area (Å²) in [5, 5.41) is 0. The van der Waals surface area contributed by atoms with Crippen LogP contribution in [0.15, 0.2) is 47.4 Å². The van der Waals surface area contributed by atoms with E-state index in [1.807, 2.05) is 6.92 Å². The predicted octanol–water partition coefficient (Wildman–Crippen LogP) is 1.98. The number of carbonyl (C=O) groups is 1. The molecule has 104 valence electrons. The van der Waals surface area contributed by atoms with Crippen LogP contribution in [0.5, 0.6) is 0 Å². The summed E-state index contributed by atoms with van der Waals surface area (Å²) in [4.78, 5) is 11.8. The average Bonchev–Trinajstić information content (AvgIpc) is 2.40. The second-order valence-corrected chi connectivity index (χ2v) is 6.02. The normalized spacial score (nSPS) is 12.1. The minimum atomic E-state index is -1.17. The van der Waals surface area contributed by atoms with E-state index in [1.54, 1.807) is 42.5 Å². The van der Waals surface area contributed by atoms with E-state index in [4.69, 9.17) is 11.5 Å². The number of amides is 1. The Morgan fingerprint density at radius 2 is 1.95 bits per heavy atom. The molecule has 0 saturated carbocycles. The van der Waals surface area contributed by atoms with E-state index in [1.165, 1.54) is 0 Å². The fourth-order valence-electron chi connectivity index (χ4n) is 1.89. The zero-order valence-corrected chi connectivity index (χ0v) is 11.9. The molecular formula is C15H16N2O2S. The van der Waals surface area contributed by atoms with Crippen LogP contribution in [0.3, 0.4) is 0 Å². The Kier molecular flexibility index (Phi) is 4.20. The molecule has 4 N–H and O–H groups in total. The molecule has 0 radical (unpaired) electrons. The summed E-state index contributed by atoms with van der Waals surface area (Å²) in [6, 6.07) is 12.2. The Morgan fingerprint density at radius 1 is 1.20 bits per heavy atom. The van der Waals surface area contributed by atoms with E-state index in [0.717, 1.165) is 11.1 Å². The van der Waals surface area contributed by atoms with Gasteiger partial charge in [0.05, 0.1) is 16.6 Å². The van der Waals surface area contributed by atoms with Gasteiger partial charge in [0.15, 0.2) is 0 Å². The maximum atomic E-state index is 12.3. The lowest BCUT2D eigenvalue weighted by Gasteiger charge is -2.08. The average molecular weight is 288 g/mol. The highest BCUT2D eigenvalue weighted by atomic mass is 32.2. The van der Waals surface area contributed by atoms with Gasteiger partial charge in [-0.2, -0.15) is 0 Å². The highest BCUT2D eigenvalue weighted by molar-refractivity contribution is 7.84. The van der Waals surface area contributed by atoms with E-state index < -0.39 is 16.7 Å². The van der Waals surface area contributed by atoms with E-state index in [2.05, 4.69) is 0 Å². The van der Waals surface area contributed by atoms with Crippen molar-refractivity contribution in [1.29, 1.82) is 0 Å². The molecule has 1 amide bonds. The maximum Gasteiger partial charge on any atom is 0.248 e. The van der Waals surface area contributed by atoms with Gasteiger partial charge in [-0.25, -0.2) is 0 Å². The Hall–Kier alpha value is -2.14. The van der Waals surface area contributed by atoms with Gasteiger partial charge in [-0.3, -0.25) is 9.00 Å². The second kappa shape index (κ2) is 5.88. The fourth-order valence-corrected chi connectivity index (χ4v) is 3.16. The molecule has 2 rings (SSSR count). The Labute approximate surface area is 120 Å². The zero-order chi connectivity index (χ0) is 14.7. The molecular weight excluding hydrogens is 272 g/mol. The van der Waals surface area contributed by atoms with Gasteiger partial charge in [0.25, 0.3) is 0 Å². The molecule has 0 heterocycles. The van der Waals surface area contributed by atoms with Gasteiger partial charge < -0.3 is 11.5 Å². The molecule has 1 atom stereocenters. The number of hydrogen-bond donors (Lipinski definition) is 2. The molecule has 0 bridgehead atoms. The van der Waals surface area contributed by atoms with Crippen molar-refractivity contribution in [2.75, 3.05) is 5.73 Å². The first-order valence-electron chi connectivity index (χ1n) is 6.10. The van der Waals surface area contributed by atoms with Gasteiger partial charge in [-0.1, -0.05) is 12.1 Å². The Morgan fingerprint density at radius 3 is 2.55 bits per heavy atom. The lowest BCUT2D eigenvalue weighted by molar-refractivity contribution is 0.1000. The first-order valence-corrected chi connectivity index (χ1v) is 7.42. The SMILES string of the molecule is Cc1cc(C(N)=O)ccc1CS(=O)c1cccc(N)c1. The largest absolute Gasteiger partial charge is 0.399 e. The molecule has 2 aromatic carbocycles. The molecule has 2 aromatic rings. The van der Waals surface area contributed by atoms with Gasteiger partial charge >= 0.3 is 0 Å². The van der Waals surface area contributed by atoms with Crippen molar-refractivity contribution in [2.24, 2.45) is 5.73 Å². The van der Waals surface area contributed by atoms with Crippen LogP contribution in [0.2, 0.25) is 0 Å². The van der Waals surface area contributed by atoms with Gasteiger partial charge in [0, 0.05) is 16.1 Å². The van der Waals surface area contributed by atoms with E-state index >= 15 is 0 Å². The minimum absolute atomic E-state index is 0.383. The summed E-state index contributed by atoms with van der Waals surface area (Å²) >= 11 is 0. The van der Waals surface area contributed by atoms with E-state index in [0.29, 0.717) is 21.9 Å². The van der Waals surface area contributed by atoms with E-state index in [9.17, 15) is 9.00 Å². The number of primary amides is 1. The number of nitrogen functional groups attached to an aromatic ring is 1. The van der Waals surface area contributed by atoms with Crippen LogP contribution in [-0.4, -0.2) is 10.1 Å². The summed E-state index contributed by atoms with van der Waals surface area (Å²) in [6.45, 7) is 1.87. The van der Waals surface area contributed by atoms with Gasteiger partial charge in [0.1, 0.15) is 0 Å². The Balaban J connectivity index is 2.22.